The fraction of sp³-hybridized carbons (Fsp3) is 0.542. The van der Waals surface area contributed by atoms with Crippen LogP contribution in [0.2, 0.25) is 0 Å². The van der Waals surface area contributed by atoms with Crippen molar-refractivity contribution in [3.63, 3.8) is 0 Å². The summed E-state index contributed by atoms with van der Waals surface area (Å²) in [5, 5.41) is 12.7. The maximum Gasteiger partial charge on any atom is 0.274 e. The van der Waals surface area contributed by atoms with Gasteiger partial charge in [0.15, 0.2) is 0 Å². The number of aromatic nitrogens is 2. The molecular weight excluding hydrogens is 395 g/mol. The Morgan fingerprint density at radius 3 is 2.65 bits per heavy atom. The minimum absolute atomic E-state index is 0.0738. The van der Waals surface area contributed by atoms with Gasteiger partial charge >= 0.3 is 0 Å². The molecule has 6 nitrogen and oxygen atoms in total. The molecule has 2 aromatic heterocycles. The van der Waals surface area contributed by atoms with Crippen molar-refractivity contribution in [2.24, 2.45) is 11.7 Å². The van der Waals surface area contributed by atoms with Gasteiger partial charge in [0, 0.05) is 18.2 Å². The van der Waals surface area contributed by atoms with Crippen LogP contribution in [0.1, 0.15) is 85.5 Å². The molecule has 2 aromatic rings. The van der Waals surface area contributed by atoms with E-state index in [2.05, 4.69) is 22.2 Å². The summed E-state index contributed by atoms with van der Waals surface area (Å²) in [6.45, 7) is 2.21. The quantitative estimate of drug-likeness (QED) is 0.683. The second kappa shape index (κ2) is 9.40. The number of carbonyl (C=O) groups is 1. The molecule has 1 amide bonds. The SMILES string of the molecule is C[C@@H]1CC(N)C[C@H](c2ccncc2NC(=O)c2ccc(F)c(C3CCC(O)CC3)n2)C1. The third kappa shape index (κ3) is 5.10. The summed E-state index contributed by atoms with van der Waals surface area (Å²) in [5.74, 6) is -0.0525. The smallest absolute Gasteiger partial charge is 0.274 e. The summed E-state index contributed by atoms with van der Waals surface area (Å²) in [7, 11) is 0. The Bertz CT molecular complexity index is 920. The lowest BCUT2D eigenvalue weighted by atomic mass is 9.76. The minimum Gasteiger partial charge on any atom is -0.393 e. The van der Waals surface area contributed by atoms with Crippen LogP contribution in [-0.4, -0.2) is 33.1 Å². The molecule has 0 bridgehead atoms. The molecule has 1 unspecified atom stereocenters. The van der Waals surface area contributed by atoms with Crippen LogP contribution >= 0.6 is 0 Å². The summed E-state index contributed by atoms with van der Waals surface area (Å²) in [6.07, 6.45) is 8.58. The van der Waals surface area contributed by atoms with Crippen LogP contribution in [0.15, 0.2) is 30.6 Å². The highest BCUT2D eigenvalue weighted by atomic mass is 19.1. The number of rotatable bonds is 4. The van der Waals surface area contributed by atoms with E-state index >= 15 is 0 Å². The Hall–Kier alpha value is -2.38. The number of nitrogens with two attached hydrogens (primary N) is 1. The molecule has 2 heterocycles. The molecule has 0 spiro atoms. The zero-order chi connectivity index (χ0) is 22.0. The summed E-state index contributed by atoms with van der Waals surface area (Å²) in [5.41, 5.74) is 8.44. The average molecular weight is 427 g/mol. The van der Waals surface area contributed by atoms with Gasteiger partial charge in [-0.05, 0) is 80.5 Å². The van der Waals surface area contributed by atoms with E-state index < -0.39 is 5.82 Å². The lowest BCUT2D eigenvalue weighted by Gasteiger charge is -2.32. The number of pyridine rings is 2. The number of hydrogen-bond donors (Lipinski definition) is 3. The van der Waals surface area contributed by atoms with E-state index in [1.165, 1.54) is 12.1 Å². The van der Waals surface area contributed by atoms with Gasteiger partial charge in [0.2, 0.25) is 0 Å². The van der Waals surface area contributed by atoms with Crippen LogP contribution in [-0.2, 0) is 0 Å². The van der Waals surface area contributed by atoms with E-state index in [1.54, 1.807) is 12.4 Å². The molecule has 4 N–H and O–H groups in total. The molecule has 0 aromatic carbocycles. The first-order valence-electron chi connectivity index (χ1n) is 11.3. The van der Waals surface area contributed by atoms with E-state index in [4.69, 9.17) is 5.73 Å². The monoisotopic (exact) mass is 426 g/mol. The maximum absolute atomic E-state index is 14.4. The zero-order valence-corrected chi connectivity index (χ0v) is 17.9. The van der Waals surface area contributed by atoms with E-state index in [9.17, 15) is 14.3 Å². The first-order valence-corrected chi connectivity index (χ1v) is 11.3. The third-order valence-electron chi connectivity index (χ3n) is 6.71. The molecule has 166 valence electrons. The van der Waals surface area contributed by atoms with Crippen molar-refractivity contribution >= 4 is 11.6 Å². The number of carbonyl (C=O) groups excluding carboxylic acids is 1. The Morgan fingerprint density at radius 1 is 1.13 bits per heavy atom. The number of nitrogens with one attached hydrogen (secondary N) is 1. The number of aliphatic hydroxyl groups excluding tert-OH is 1. The second-order valence-corrected chi connectivity index (χ2v) is 9.26. The maximum atomic E-state index is 14.4. The molecule has 2 saturated carbocycles. The molecule has 4 rings (SSSR count). The van der Waals surface area contributed by atoms with Crippen LogP contribution in [0.5, 0.6) is 0 Å². The Kier molecular flexibility index (Phi) is 6.62. The summed E-state index contributed by atoms with van der Waals surface area (Å²) >= 11 is 0. The van der Waals surface area contributed by atoms with Gasteiger partial charge in [-0.2, -0.15) is 0 Å². The predicted molar refractivity (Wildman–Crippen MR) is 117 cm³/mol. The topological polar surface area (TPSA) is 101 Å². The Morgan fingerprint density at radius 2 is 1.90 bits per heavy atom. The van der Waals surface area contributed by atoms with Crippen molar-refractivity contribution in [3.05, 3.63) is 53.4 Å². The number of anilines is 1. The van der Waals surface area contributed by atoms with Gasteiger partial charge in [-0.25, -0.2) is 9.37 Å². The van der Waals surface area contributed by atoms with Crippen molar-refractivity contribution in [1.82, 2.24) is 9.97 Å². The van der Waals surface area contributed by atoms with Crippen LogP contribution in [0.3, 0.4) is 0 Å². The highest BCUT2D eigenvalue weighted by Gasteiger charge is 2.28. The lowest BCUT2D eigenvalue weighted by molar-refractivity contribution is 0.102. The summed E-state index contributed by atoms with van der Waals surface area (Å²) in [4.78, 5) is 21.5. The molecular formula is C24H31FN4O2. The predicted octanol–water partition coefficient (Wildman–Crippen LogP) is 4.12. The molecule has 2 fully saturated rings. The molecule has 2 aliphatic carbocycles. The van der Waals surface area contributed by atoms with E-state index in [1.807, 2.05) is 6.07 Å². The lowest BCUT2D eigenvalue weighted by Crippen LogP contribution is -2.31. The highest BCUT2D eigenvalue weighted by molar-refractivity contribution is 6.03. The number of halogens is 1. The second-order valence-electron chi connectivity index (χ2n) is 9.26. The molecule has 0 aliphatic heterocycles. The van der Waals surface area contributed by atoms with E-state index in [0.717, 1.165) is 24.8 Å². The minimum atomic E-state index is -0.398. The first kappa shape index (κ1) is 21.8. The highest BCUT2D eigenvalue weighted by Crippen LogP contribution is 2.38. The largest absolute Gasteiger partial charge is 0.393 e. The van der Waals surface area contributed by atoms with Gasteiger partial charge in [-0.3, -0.25) is 9.78 Å². The van der Waals surface area contributed by atoms with Crippen molar-refractivity contribution in [2.75, 3.05) is 5.32 Å². The molecule has 2 aliphatic rings. The van der Waals surface area contributed by atoms with Crippen LogP contribution in [0.4, 0.5) is 10.1 Å². The molecule has 3 atom stereocenters. The Balaban J connectivity index is 1.53. The molecule has 7 heteroatoms. The molecule has 0 radical (unpaired) electrons. The van der Waals surface area contributed by atoms with Crippen LogP contribution < -0.4 is 11.1 Å². The number of amides is 1. The van der Waals surface area contributed by atoms with Gasteiger partial charge in [-0.1, -0.05) is 6.92 Å². The number of hydrogen-bond acceptors (Lipinski definition) is 5. The first-order chi connectivity index (χ1) is 14.9. The van der Waals surface area contributed by atoms with Gasteiger partial charge in [0.05, 0.1) is 23.7 Å². The molecule has 31 heavy (non-hydrogen) atoms. The van der Waals surface area contributed by atoms with E-state index in [-0.39, 0.29) is 35.6 Å². The van der Waals surface area contributed by atoms with Crippen molar-refractivity contribution < 1.29 is 14.3 Å². The summed E-state index contributed by atoms with van der Waals surface area (Å²) < 4.78 is 14.4. The third-order valence-corrected chi connectivity index (χ3v) is 6.71. The van der Waals surface area contributed by atoms with Gasteiger partial charge < -0.3 is 16.2 Å². The van der Waals surface area contributed by atoms with Crippen LogP contribution in [0, 0.1) is 11.7 Å². The van der Waals surface area contributed by atoms with Gasteiger partial charge in [0.25, 0.3) is 5.91 Å². The molecule has 0 saturated heterocycles. The van der Waals surface area contributed by atoms with Gasteiger partial charge in [-0.15, -0.1) is 0 Å². The fourth-order valence-corrected chi connectivity index (χ4v) is 5.18. The van der Waals surface area contributed by atoms with Crippen molar-refractivity contribution in [3.8, 4) is 0 Å². The van der Waals surface area contributed by atoms with Gasteiger partial charge in [0.1, 0.15) is 11.5 Å². The number of aliphatic hydroxyl groups is 1. The van der Waals surface area contributed by atoms with Crippen molar-refractivity contribution in [1.29, 1.82) is 0 Å². The van der Waals surface area contributed by atoms with E-state index in [0.29, 0.717) is 43.0 Å². The number of nitrogens with zero attached hydrogens (tertiary/aromatic N) is 2. The standard InChI is InChI=1S/C24H31FN4O2/c1-14-10-16(12-17(26)11-14)19-8-9-27-13-22(19)29-24(31)21-7-6-20(25)23(28-21)15-2-4-18(30)5-3-15/h6-9,13-18,30H,2-5,10-12,26H2,1H3,(H,29,31)/t14-,15?,16+,17?,18?/m0/s1. The van der Waals surface area contributed by atoms with Crippen LogP contribution in [0.25, 0.3) is 0 Å². The normalized spacial score (nSPS) is 28.8. The Labute approximate surface area is 182 Å². The fourth-order valence-electron chi connectivity index (χ4n) is 5.18. The van der Waals surface area contributed by atoms with Crippen molar-refractivity contribution in [2.45, 2.75) is 75.9 Å². The average Bonchev–Trinajstić information content (AvgIpc) is 2.74. The zero-order valence-electron chi connectivity index (χ0n) is 17.9. The summed E-state index contributed by atoms with van der Waals surface area (Å²) in [6, 6.07) is 4.83.